The minimum absolute atomic E-state index is 0.212. The maximum Gasteiger partial charge on any atom is 0.0831 e. The quantitative estimate of drug-likeness (QED) is 0.609. The number of hydrogen-bond acceptors (Lipinski definition) is 3. The average molecular weight is 244 g/mol. The third-order valence-electron chi connectivity index (χ3n) is 4.17. The highest BCUT2D eigenvalue weighted by atomic mass is 16.4. The molecule has 3 nitrogen and oxygen atoms in total. The van der Waals surface area contributed by atoms with Crippen LogP contribution in [0.2, 0.25) is 0 Å². The second-order valence-electron chi connectivity index (χ2n) is 5.32. The summed E-state index contributed by atoms with van der Waals surface area (Å²) in [5, 5.41) is 12.8. The van der Waals surface area contributed by atoms with Gasteiger partial charge in [-0.1, -0.05) is 42.3 Å². The van der Waals surface area contributed by atoms with E-state index in [4.69, 9.17) is 0 Å². The van der Waals surface area contributed by atoms with E-state index in [1.807, 2.05) is 0 Å². The molecule has 0 spiro atoms. The molecule has 0 amide bonds. The molecule has 1 N–H and O–H groups in total. The van der Waals surface area contributed by atoms with E-state index in [1.165, 1.54) is 36.8 Å². The predicted octanol–water partition coefficient (Wildman–Crippen LogP) is 2.99. The zero-order valence-corrected chi connectivity index (χ0v) is 10.7. The van der Waals surface area contributed by atoms with Crippen molar-refractivity contribution in [2.24, 2.45) is 5.16 Å². The molecule has 2 aliphatic rings. The molecular formula is C15H20N2O. The zero-order valence-electron chi connectivity index (χ0n) is 10.7. The van der Waals surface area contributed by atoms with Gasteiger partial charge in [0, 0.05) is 6.42 Å². The molecule has 1 unspecified atom stereocenters. The van der Waals surface area contributed by atoms with Gasteiger partial charge < -0.3 is 5.21 Å². The van der Waals surface area contributed by atoms with Crippen LogP contribution in [0.5, 0.6) is 0 Å². The van der Waals surface area contributed by atoms with E-state index < -0.39 is 0 Å². The molecular weight excluding hydrogens is 224 g/mol. The Bertz CT molecular complexity index is 448. The fourth-order valence-electron chi connectivity index (χ4n) is 3.28. The zero-order chi connectivity index (χ0) is 12.4. The van der Waals surface area contributed by atoms with Crippen molar-refractivity contribution in [1.29, 1.82) is 0 Å². The highest BCUT2D eigenvalue weighted by molar-refractivity contribution is 5.96. The predicted molar refractivity (Wildman–Crippen MR) is 72.1 cm³/mol. The molecule has 1 heterocycles. The normalized spacial score (nSPS) is 27.1. The van der Waals surface area contributed by atoms with Crippen molar-refractivity contribution in [3.63, 3.8) is 0 Å². The topological polar surface area (TPSA) is 35.8 Å². The van der Waals surface area contributed by atoms with Gasteiger partial charge in [-0.3, -0.25) is 4.90 Å². The van der Waals surface area contributed by atoms with Crippen LogP contribution in [0.1, 0.15) is 42.9 Å². The Balaban J connectivity index is 1.93. The SMILES string of the molecule is ON=C1Cc2ccccc2C1N1CCCCCC1. The summed E-state index contributed by atoms with van der Waals surface area (Å²) in [6, 6.07) is 8.70. The summed E-state index contributed by atoms with van der Waals surface area (Å²) in [5.41, 5.74) is 3.57. The van der Waals surface area contributed by atoms with E-state index in [0.717, 1.165) is 25.2 Å². The van der Waals surface area contributed by atoms with Crippen LogP contribution in [0.15, 0.2) is 29.4 Å². The summed E-state index contributed by atoms with van der Waals surface area (Å²) in [6.07, 6.45) is 5.98. The average Bonchev–Trinajstić information content (AvgIpc) is 2.59. The fraction of sp³-hybridized carbons (Fsp3) is 0.533. The van der Waals surface area contributed by atoms with E-state index in [2.05, 4.69) is 34.3 Å². The van der Waals surface area contributed by atoms with Gasteiger partial charge in [-0.05, 0) is 37.1 Å². The molecule has 0 saturated carbocycles. The van der Waals surface area contributed by atoms with Gasteiger partial charge in [0.2, 0.25) is 0 Å². The van der Waals surface area contributed by atoms with Gasteiger partial charge in [-0.2, -0.15) is 0 Å². The number of likely N-dealkylation sites (tertiary alicyclic amines) is 1. The van der Waals surface area contributed by atoms with Gasteiger partial charge in [-0.15, -0.1) is 0 Å². The number of oxime groups is 1. The van der Waals surface area contributed by atoms with E-state index >= 15 is 0 Å². The number of nitrogens with zero attached hydrogens (tertiary/aromatic N) is 2. The lowest BCUT2D eigenvalue weighted by atomic mass is 10.1. The second-order valence-corrected chi connectivity index (χ2v) is 5.32. The first kappa shape index (κ1) is 11.7. The van der Waals surface area contributed by atoms with Crippen molar-refractivity contribution >= 4 is 5.71 Å². The smallest absolute Gasteiger partial charge is 0.0831 e. The van der Waals surface area contributed by atoms with Crippen LogP contribution in [0, 0.1) is 0 Å². The summed E-state index contributed by atoms with van der Waals surface area (Å²) in [7, 11) is 0. The Hall–Kier alpha value is -1.35. The number of hydrogen-bond donors (Lipinski definition) is 1. The lowest BCUT2D eigenvalue weighted by Crippen LogP contribution is -2.32. The lowest BCUT2D eigenvalue weighted by Gasteiger charge is -2.28. The molecule has 0 aromatic heterocycles. The highest BCUT2D eigenvalue weighted by Crippen LogP contribution is 2.34. The summed E-state index contributed by atoms with van der Waals surface area (Å²) < 4.78 is 0. The Morgan fingerprint density at radius 1 is 1.06 bits per heavy atom. The number of fused-ring (bicyclic) bond motifs is 1. The largest absolute Gasteiger partial charge is 0.411 e. The van der Waals surface area contributed by atoms with Gasteiger partial charge in [-0.25, -0.2) is 0 Å². The summed E-state index contributed by atoms with van der Waals surface area (Å²) in [6.45, 7) is 2.25. The maximum atomic E-state index is 9.27. The van der Waals surface area contributed by atoms with Crippen molar-refractivity contribution in [3.05, 3.63) is 35.4 Å². The summed E-state index contributed by atoms with van der Waals surface area (Å²) in [5.74, 6) is 0. The summed E-state index contributed by atoms with van der Waals surface area (Å²) in [4.78, 5) is 2.49. The number of benzene rings is 1. The first-order valence-electron chi connectivity index (χ1n) is 6.93. The molecule has 18 heavy (non-hydrogen) atoms. The first-order valence-corrected chi connectivity index (χ1v) is 6.93. The van der Waals surface area contributed by atoms with Crippen LogP contribution in [-0.2, 0) is 6.42 Å². The van der Waals surface area contributed by atoms with Crippen LogP contribution in [0.3, 0.4) is 0 Å². The third-order valence-corrected chi connectivity index (χ3v) is 4.17. The molecule has 3 rings (SSSR count). The van der Waals surface area contributed by atoms with E-state index in [0.29, 0.717) is 0 Å². The fourth-order valence-corrected chi connectivity index (χ4v) is 3.28. The molecule has 1 saturated heterocycles. The second kappa shape index (κ2) is 5.11. The molecule has 1 aromatic carbocycles. The molecule has 0 radical (unpaired) electrons. The van der Waals surface area contributed by atoms with Gasteiger partial charge in [0.1, 0.15) is 0 Å². The maximum absolute atomic E-state index is 9.27. The first-order chi connectivity index (χ1) is 8.90. The van der Waals surface area contributed by atoms with Crippen LogP contribution in [-0.4, -0.2) is 28.9 Å². The van der Waals surface area contributed by atoms with Crippen LogP contribution in [0.4, 0.5) is 0 Å². The minimum atomic E-state index is 0.212. The Morgan fingerprint density at radius 3 is 2.50 bits per heavy atom. The van der Waals surface area contributed by atoms with E-state index in [-0.39, 0.29) is 6.04 Å². The molecule has 1 aliphatic heterocycles. The van der Waals surface area contributed by atoms with Crippen molar-refractivity contribution in [1.82, 2.24) is 4.90 Å². The Morgan fingerprint density at radius 2 is 1.78 bits per heavy atom. The van der Waals surface area contributed by atoms with Crippen molar-refractivity contribution < 1.29 is 5.21 Å². The van der Waals surface area contributed by atoms with E-state index in [1.54, 1.807) is 0 Å². The standard InChI is InChI=1S/C15H20N2O/c18-16-14-11-12-7-3-4-8-13(12)15(14)17-9-5-1-2-6-10-17/h3-4,7-8,15,18H,1-2,5-6,9-11H2. The monoisotopic (exact) mass is 244 g/mol. The molecule has 1 atom stereocenters. The highest BCUT2D eigenvalue weighted by Gasteiger charge is 2.33. The number of rotatable bonds is 1. The van der Waals surface area contributed by atoms with Gasteiger partial charge >= 0.3 is 0 Å². The molecule has 1 aromatic rings. The Labute approximate surface area is 108 Å². The minimum Gasteiger partial charge on any atom is -0.411 e. The van der Waals surface area contributed by atoms with Gasteiger partial charge in [0.05, 0.1) is 11.8 Å². The molecule has 0 bridgehead atoms. The molecule has 3 heteroatoms. The van der Waals surface area contributed by atoms with Crippen LogP contribution in [0.25, 0.3) is 0 Å². The molecule has 96 valence electrons. The molecule has 1 fully saturated rings. The summed E-state index contributed by atoms with van der Waals surface area (Å²) >= 11 is 0. The third kappa shape index (κ3) is 2.03. The van der Waals surface area contributed by atoms with E-state index in [9.17, 15) is 5.21 Å². The van der Waals surface area contributed by atoms with Crippen molar-refractivity contribution in [2.45, 2.75) is 38.1 Å². The molecule has 1 aliphatic carbocycles. The lowest BCUT2D eigenvalue weighted by molar-refractivity contribution is 0.246. The van der Waals surface area contributed by atoms with Crippen molar-refractivity contribution in [2.75, 3.05) is 13.1 Å². The van der Waals surface area contributed by atoms with Crippen molar-refractivity contribution in [3.8, 4) is 0 Å². The Kier molecular flexibility index (Phi) is 3.33. The van der Waals surface area contributed by atoms with Crippen LogP contribution < -0.4 is 0 Å². The van der Waals surface area contributed by atoms with Gasteiger partial charge in [0.25, 0.3) is 0 Å². The van der Waals surface area contributed by atoms with Gasteiger partial charge in [0.15, 0.2) is 0 Å². The van der Waals surface area contributed by atoms with Crippen LogP contribution >= 0.6 is 0 Å².